The lowest BCUT2D eigenvalue weighted by Gasteiger charge is -2.10. The van der Waals surface area contributed by atoms with E-state index in [2.05, 4.69) is 13.8 Å². The molecule has 4 nitrogen and oxygen atoms in total. The van der Waals surface area contributed by atoms with E-state index in [1.54, 1.807) is 26.5 Å². The minimum Gasteiger partial charge on any atom is -0.624 e. The molecule has 1 aromatic rings. The number of rotatable bonds is 6. The molecule has 1 rings (SSSR count). The van der Waals surface area contributed by atoms with E-state index in [9.17, 15) is 5.21 Å². The third-order valence-corrected chi connectivity index (χ3v) is 2.60. The van der Waals surface area contributed by atoms with Crippen LogP contribution in [0.4, 0.5) is 0 Å². The first-order chi connectivity index (χ1) is 8.56. The Morgan fingerprint density at radius 2 is 2.00 bits per heavy atom. The first-order valence-electron chi connectivity index (χ1n) is 6.04. The molecule has 0 saturated carbocycles. The summed E-state index contributed by atoms with van der Waals surface area (Å²) >= 11 is 0. The minimum atomic E-state index is 0.292. The van der Waals surface area contributed by atoms with Gasteiger partial charge in [0.2, 0.25) is 0 Å². The molecule has 1 aromatic carbocycles. The summed E-state index contributed by atoms with van der Waals surface area (Å²) in [7, 11) is 3.19. The van der Waals surface area contributed by atoms with E-state index in [4.69, 9.17) is 9.47 Å². The van der Waals surface area contributed by atoms with E-state index in [-0.39, 0.29) is 0 Å². The van der Waals surface area contributed by atoms with Crippen LogP contribution in [0.5, 0.6) is 11.5 Å². The highest BCUT2D eigenvalue weighted by molar-refractivity contribution is 5.51. The number of hydrogen-bond acceptors (Lipinski definition) is 3. The van der Waals surface area contributed by atoms with Crippen LogP contribution < -0.4 is 9.47 Å². The Hall–Kier alpha value is -1.71. The third kappa shape index (κ3) is 4.28. The molecule has 0 aromatic heterocycles. The quantitative estimate of drug-likeness (QED) is 0.338. The van der Waals surface area contributed by atoms with Crippen molar-refractivity contribution in [1.82, 2.24) is 0 Å². The lowest BCUT2D eigenvalue weighted by Crippen LogP contribution is -2.07. The second-order valence-corrected chi connectivity index (χ2v) is 4.57. The summed E-state index contributed by atoms with van der Waals surface area (Å²) in [6.45, 7) is 4.45. The third-order valence-electron chi connectivity index (χ3n) is 2.60. The molecule has 0 aliphatic carbocycles. The molecule has 4 heteroatoms. The van der Waals surface area contributed by atoms with Crippen molar-refractivity contribution in [3.63, 3.8) is 0 Å². The summed E-state index contributed by atoms with van der Waals surface area (Å²) in [6, 6.07) is 5.46. The van der Waals surface area contributed by atoms with Crippen molar-refractivity contribution in [2.24, 2.45) is 5.92 Å². The van der Waals surface area contributed by atoms with Gasteiger partial charge in [0, 0.05) is 12.5 Å². The van der Waals surface area contributed by atoms with Crippen LogP contribution in [0.25, 0.3) is 0 Å². The first kappa shape index (κ1) is 14.4. The first-order valence-corrected chi connectivity index (χ1v) is 6.04. The highest BCUT2D eigenvalue weighted by Gasteiger charge is 2.08. The van der Waals surface area contributed by atoms with E-state index in [0.29, 0.717) is 18.2 Å². The maximum Gasteiger partial charge on any atom is 0.182 e. The molecule has 0 fully saturated rings. The molecule has 0 N–H and O–H groups in total. The van der Waals surface area contributed by atoms with Gasteiger partial charge in [0.05, 0.1) is 19.8 Å². The highest BCUT2D eigenvalue weighted by Crippen LogP contribution is 2.24. The van der Waals surface area contributed by atoms with Crippen LogP contribution in [0, 0.1) is 11.1 Å². The van der Waals surface area contributed by atoms with Crippen molar-refractivity contribution in [2.45, 2.75) is 26.8 Å². The van der Waals surface area contributed by atoms with Crippen molar-refractivity contribution < 1.29 is 14.2 Å². The van der Waals surface area contributed by atoms with Gasteiger partial charge in [-0.2, -0.15) is 0 Å². The summed E-state index contributed by atoms with van der Waals surface area (Å²) in [5.41, 5.74) is 0.855. The van der Waals surface area contributed by atoms with Crippen LogP contribution in [-0.4, -0.2) is 25.2 Å². The number of hydrogen-bond donors (Lipinski definition) is 0. The van der Waals surface area contributed by atoms with Crippen LogP contribution in [0.15, 0.2) is 18.2 Å². The van der Waals surface area contributed by atoms with Gasteiger partial charge in [-0.3, -0.25) is 0 Å². The van der Waals surface area contributed by atoms with Crippen molar-refractivity contribution in [3.8, 4) is 11.5 Å². The van der Waals surface area contributed by atoms with E-state index in [1.165, 1.54) is 0 Å². The van der Waals surface area contributed by atoms with E-state index >= 15 is 0 Å². The lowest BCUT2D eigenvalue weighted by atomic mass is 10.1. The Labute approximate surface area is 108 Å². The average Bonchev–Trinajstić information content (AvgIpc) is 2.36. The van der Waals surface area contributed by atoms with Crippen LogP contribution in [0.3, 0.4) is 0 Å². The van der Waals surface area contributed by atoms with Crippen molar-refractivity contribution in [3.05, 3.63) is 29.0 Å². The van der Waals surface area contributed by atoms with Crippen LogP contribution in [0.1, 0.15) is 25.8 Å². The predicted octanol–water partition coefficient (Wildman–Crippen LogP) is 2.83. The maximum atomic E-state index is 11.7. The number of methoxy groups -OCH3 is 2. The number of nitrogens with zero attached hydrogens (tertiary/aromatic N) is 1. The lowest BCUT2D eigenvalue weighted by molar-refractivity contribution is -0.471. The largest absolute Gasteiger partial charge is 0.624 e. The van der Waals surface area contributed by atoms with E-state index in [0.717, 1.165) is 22.5 Å². The van der Waals surface area contributed by atoms with Gasteiger partial charge in [-0.25, -0.2) is 4.74 Å². The Bertz CT molecular complexity index is 414. The molecular formula is C14H21NO3. The van der Waals surface area contributed by atoms with Gasteiger partial charge in [-0.05, 0) is 18.1 Å². The summed E-state index contributed by atoms with van der Waals surface area (Å²) in [4.78, 5) is 0. The molecule has 0 unspecified atom stereocenters. The normalized spacial score (nSPS) is 11.7. The smallest absolute Gasteiger partial charge is 0.182 e. The SMILES string of the molecule is COc1ccc(C/[N+]([O-])=C/CC(C)C)c(OC)c1. The predicted molar refractivity (Wildman–Crippen MR) is 72.4 cm³/mol. The zero-order chi connectivity index (χ0) is 13.5. The Kier molecular flexibility index (Phi) is 5.49. The molecule has 0 atom stereocenters. The van der Waals surface area contributed by atoms with Gasteiger partial charge in [0.1, 0.15) is 11.5 Å². The topological polar surface area (TPSA) is 44.5 Å². The standard InChI is InChI=1S/C14H21NO3/c1-11(2)7-8-15(16)10-12-5-6-13(17-3)9-14(12)18-4/h5-6,8-9,11H,7,10H2,1-4H3/b15-8-. The Morgan fingerprint density at radius 3 is 2.56 bits per heavy atom. The second-order valence-electron chi connectivity index (χ2n) is 4.57. The van der Waals surface area contributed by atoms with E-state index in [1.807, 2.05) is 12.1 Å². The maximum absolute atomic E-state index is 11.7. The fraction of sp³-hybridized carbons (Fsp3) is 0.500. The van der Waals surface area contributed by atoms with Crippen molar-refractivity contribution >= 4 is 6.21 Å². The number of benzene rings is 1. The summed E-state index contributed by atoms with van der Waals surface area (Å²) in [5, 5.41) is 11.7. The summed E-state index contributed by atoms with van der Waals surface area (Å²) in [5.74, 6) is 1.88. The Morgan fingerprint density at radius 1 is 1.28 bits per heavy atom. The van der Waals surface area contributed by atoms with Crippen LogP contribution in [0.2, 0.25) is 0 Å². The van der Waals surface area contributed by atoms with Gasteiger partial charge in [0.15, 0.2) is 12.8 Å². The summed E-state index contributed by atoms with van der Waals surface area (Å²) < 4.78 is 11.3. The molecule has 0 aliphatic heterocycles. The second kappa shape index (κ2) is 6.89. The number of ether oxygens (including phenoxy) is 2. The molecular weight excluding hydrogens is 230 g/mol. The van der Waals surface area contributed by atoms with Crippen LogP contribution in [-0.2, 0) is 6.54 Å². The molecule has 0 saturated heterocycles. The molecule has 100 valence electrons. The average molecular weight is 251 g/mol. The number of hydroxylamine groups is 1. The van der Waals surface area contributed by atoms with Gasteiger partial charge < -0.3 is 14.7 Å². The molecule has 0 bridgehead atoms. The zero-order valence-corrected chi connectivity index (χ0v) is 11.5. The monoisotopic (exact) mass is 251 g/mol. The fourth-order valence-corrected chi connectivity index (χ4v) is 1.54. The van der Waals surface area contributed by atoms with Gasteiger partial charge >= 0.3 is 0 Å². The zero-order valence-electron chi connectivity index (χ0n) is 11.5. The van der Waals surface area contributed by atoms with Gasteiger partial charge in [-0.1, -0.05) is 13.8 Å². The van der Waals surface area contributed by atoms with Gasteiger partial charge in [-0.15, -0.1) is 0 Å². The molecule has 0 heterocycles. The van der Waals surface area contributed by atoms with E-state index < -0.39 is 0 Å². The van der Waals surface area contributed by atoms with Crippen molar-refractivity contribution in [2.75, 3.05) is 14.2 Å². The summed E-state index contributed by atoms with van der Waals surface area (Å²) in [6.07, 6.45) is 2.45. The molecule has 0 spiro atoms. The molecule has 0 radical (unpaired) electrons. The highest BCUT2D eigenvalue weighted by atomic mass is 16.5. The molecule has 0 aliphatic rings. The molecule has 18 heavy (non-hydrogen) atoms. The van der Waals surface area contributed by atoms with Gasteiger partial charge in [0.25, 0.3) is 0 Å². The van der Waals surface area contributed by atoms with Crippen LogP contribution >= 0.6 is 0 Å². The van der Waals surface area contributed by atoms with Crippen molar-refractivity contribution in [1.29, 1.82) is 0 Å². The molecule has 0 amide bonds. The fourth-order valence-electron chi connectivity index (χ4n) is 1.54. The minimum absolute atomic E-state index is 0.292. The Balaban J connectivity index is 2.80.